The largest absolute Gasteiger partial charge is 0.490 e. The molecule has 1 fully saturated rings. The summed E-state index contributed by atoms with van der Waals surface area (Å²) in [5.41, 5.74) is -0.108. The average molecular weight is 332 g/mol. The van der Waals surface area contributed by atoms with E-state index in [1.165, 1.54) is 17.2 Å². The topological polar surface area (TPSA) is 85.0 Å². The molecule has 1 aromatic carbocycles. The summed E-state index contributed by atoms with van der Waals surface area (Å²) in [6.45, 7) is 2.88. The second-order valence-electron chi connectivity index (χ2n) is 5.94. The van der Waals surface area contributed by atoms with Crippen LogP contribution in [0.2, 0.25) is 0 Å². The highest BCUT2D eigenvalue weighted by atomic mass is 16.5. The van der Waals surface area contributed by atoms with Crippen molar-refractivity contribution in [1.29, 1.82) is 0 Å². The van der Waals surface area contributed by atoms with E-state index < -0.39 is 5.60 Å². The number of aliphatic hydroxyl groups is 1. The quantitative estimate of drug-likeness (QED) is 0.907. The van der Waals surface area contributed by atoms with Gasteiger partial charge in [0.2, 0.25) is 0 Å². The number of β-amino-alcohol motifs (C(OH)–C–C–N with tert-alkyl or cyclic N) is 1. The fraction of sp³-hybridized carbons (Fsp3) is 0.412. The molecular weight excluding hydrogens is 312 g/mol. The number of amides is 1. The zero-order chi connectivity index (χ0) is 17.0. The SMILES string of the molecule is Cc1ccccc1OC[C@]1(O)COCCN(C(=O)c2ccon2)C1. The van der Waals surface area contributed by atoms with Crippen molar-refractivity contribution in [3.05, 3.63) is 47.9 Å². The van der Waals surface area contributed by atoms with Gasteiger partial charge in [0.05, 0.1) is 19.8 Å². The molecule has 128 valence electrons. The zero-order valence-corrected chi connectivity index (χ0v) is 13.5. The van der Waals surface area contributed by atoms with Crippen LogP contribution in [0, 0.1) is 6.92 Å². The van der Waals surface area contributed by atoms with E-state index in [1.807, 2.05) is 31.2 Å². The Morgan fingerprint density at radius 2 is 2.25 bits per heavy atom. The number of hydrogen-bond donors (Lipinski definition) is 1. The average Bonchev–Trinajstić information content (AvgIpc) is 3.04. The number of carbonyl (C=O) groups is 1. The van der Waals surface area contributed by atoms with Crippen LogP contribution < -0.4 is 4.74 Å². The number of aryl methyl sites for hydroxylation is 1. The number of benzene rings is 1. The third-order valence-corrected chi connectivity index (χ3v) is 3.90. The Kier molecular flexibility index (Phi) is 4.82. The van der Waals surface area contributed by atoms with E-state index in [0.29, 0.717) is 18.9 Å². The van der Waals surface area contributed by atoms with Crippen molar-refractivity contribution < 1.29 is 23.9 Å². The summed E-state index contributed by atoms with van der Waals surface area (Å²) in [7, 11) is 0. The predicted octanol–water partition coefficient (Wildman–Crippen LogP) is 1.27. The van der Waals surface area contributed by atoms with Crippen molar-refractivity contribution in [1.82, 2.24) is 10.1 Å². The van der Waals surface area contributed by atoms with Crippen LogP contribution in [0.4, 0.5) is 0 Å². The molecule has 1 N–H and O–H groups in total. The number of nitrogens with zero attached hydrogens (tertiary/aromatic N) is 2. The van der Waals surface area contributed by atoms with Gasteiger partial charge in [0.15, 0.2) is 5.69 Å². The maximum absolute atomic E-state index is 12.4. The molecule has 0 bridgehead atoms. The van der Waals surface area contributed by atoms with Gasteiger partial charge in [-0.1, -0.05) is 23.4 Å². The Labute approximate surface area is 139 Å². The number of rotatable bonds is 4. The van der Waals surface area contributed by atoms with E-state index in [9.17, 15) is 9.90 Å². The van der Waals surface area contributed by atoms with Crippen molar-refractivity contribution in [3.8, 4) is 5.75 Å². The minimum Gasteiger partial charge on any atom is -0.490 e. The minimum atomic E-state index is -1.29. The monoisotopic (exact) mass is 332 g/mol. The Morgan fingerprint density at radius 1 is 1.42 bits per heavy atom. The molecule has 24 heavy (non-hydrogen) atoms. The van der Waals surface area contributed by atoms with Gasteiger partial charge in [0.1, 0.15) is 24.2 Å². The summed E-state index contributed by atoms with van der Waals surface area (Å²) < 4.78 is 15.9. The highest BCUT2D eigenvalue weighted by Crippen LogP contribution is 2.20. The van der Waals surface area contributed by atoms with Gasteiger partial charge >= 0.3 is 0 Å². The van der Waals surface area contributed by atoms with E-state index >= 15 is 0 Å². The summed E-state index contributed by atoms with van der Waals surface area (Å²) in [6, 6.07) is 9.06. The van der Waals surface area contributed by atoms with E-state index in [1.54, 1.807) is 0 Å². The molecule has 7 heteroatoms. The van der Waals surface area contributed by atoms with Gasteiger partial charge < -0.3 is 24.0 Å². The van der Waals surface area contributed by atoms with Crippen molar-refractivity contribution in [3.63, 3.8) is 0 Å². The Hall–Kier alpha value is -2.38. The second kappa shape index (κ2) is 7.02. The van der Waals surface area contributed by atoms with Crippen LogP contribution in [0.5, 0.6) is 5.75 Å². The number of ether oxygens (including phenoxy) is 2. The smallest absolute Gasteiger partial charge is 0.276 e. The summed E-state index contributed by atoms with van der Waals surface area (Å²) >= 11 is 0. The molecule has 0 radical (unpaired) electrons. The Balaban J connectivity index is 1.69. The Bertz CT molecular complexity index is 688. The number of hydrogen-bond acceptors (Lipinski definition) is 6. The molecular formula is C17H20N2O5. The van der Waals surface area contributed by atoms with Gasteiger partial charge in [-0.3, -0.25) is 4.79 Å². The third kappa shape index (κ3) is 3.74. The van der Waals surface area contributed by atoms with Crippen LogP contribution in [-0.2, 0) is 4.74 Å². The highest BCUT2D eigenvalue weighted by molar-refractivity contribution is 5.92. The predicted molar refractivity (Wildman–Crippen MR) is 84.8 cm³/mol. The lowest BCUT2D eigenvalue weighted by Gasteiger charge is -2.30. The minimum absolute atomic E-state index is 0.0282. The van der Waals surface area contributed by atoms with Crippen LogP contribution in [0.25, 0.3) is 0 Å². The van der Waals surface area contributed by atoms with Gasteiger partial charge in [0.25, 0.3) is 5.91 Å². The van der Waals surface area contributed by atoms with Crippen molar-refractivity contribution in [2.75, 3.05) is 32.9 Å². The van der Waals surface area contributed by atoms with Gasteiger partial charge in [-0.15, -0.1) is 0 Å². The first-order chi connectivity index (χ1) is 11.6. The molecule has 7 nitrogen and oxygen atoms in total. The van der Waals surface area contributed by atoms with Crippen molar-refractivity contribution in [2.45, 2.75) is 12.5 Å². The zero-order valence-electron chi connectivity index (χ0n) is 13.5. The summed E-state index contributed by atoms with van der Waals surface area (Å²) in [4.78, 5) is 13.9. The fourth-order valence-electron chi connectivity index (χ4n) is 2.59. The standard InChI is InChI=1S/C17H20N2O5/c1-13-4-2-3-5-15(13)23-12-17(21)10-19(7-9-22-11-17)16(20)14-6-8-24-18-14/h2-6,8,21H,7,9-12H2,1H3/t17-/m1/s1. The van der Waals surface area contributed by atoms with Crippen molar-refractivity contribution in [2.24, 2.45) is 0 Å². The van der Waals surface area contributed by atoms with Crippen molar-refractivity contribution >= 4 is 5.91 Å². The lowest BCUT2D eigenvalue weighted by Crippen LogP contribution is -2.50. The Morgan fingerprint density at radius 3 is 3.00 bits per heavy atom. The molecule has 1 amide bonds. The molecule has 0 aliphatic carbocycles. The van der Waals surface area contributed by atoms with Crippen LogP contribution in [0.15, 0.2) is 41.1 Å². The maximum Gasteiger partial charge on any atom is 0.276 e. The molecule has 2 aromatic rings. The molecule has 1 atom stereocenters. The summed E-state index contributed by atoms with van der Waals surface area (Å²) in [5.74, 6) is 0.396. The molecule has 1 aliphatic heterocycles. The third-order valence-electron chi connectivity index (χ3n) is 3.90. The molecule has 1 aliphatic rings. The summed E-state index contributed by atoms with van der Waals surface area (Å²) in [6.07, 6.45) is 1.34. The first-order valence-electron chi connectivity index (χ1n) is 7.76. The normalized spacial score (nSPS) is 21.3. The maximum atomic E-state index is 12.4. The molecule has 1 aromatic heterocycles. The van der Waals surface area contributed by atoms with Gasteiger partial charge in [-0.25, -0.2) is 0 Å². The van der Waals surface area contributed by atoms with E-state index in [2.05, 4.69) is 5.16 Å². The van der Waals surface area contributed by atoms with E-state index in [0.717, 1.165) is 5.56 Å². The summed E-state index contributed by atoms with van der Waals surface area (Å²) in [5, 5.41) is 14.5. The molecule has 2 heterocycles. The van der Waals surface area contributed by atoms with Crippen LogP contribution >= 0.6 is 0 Å². The van der Waals surface area contributed by atoms with Gasteiger partial charge in [0, 0.05) is 12.6 Å². The van der Waals surface area contributed by atoms with Crippen LogP contribution in [0.3, 0.4) is 0 Å². The highest BCUT2D eigenvalue weighted by Gasteiger charge is 2.36. The molecule has 0 unspecified atom stereocenters. The first-order valence-corrected chi connectivity index (χ1v) is 7.76. The first kappa shape index (κ1) is 16.5. The molecule has 0 saturated carbocycles. The fourth-order valence-corrected chi connectivity index (χ4v) is 2.59. The lowest BCUT2D eigenvalue weighted by molar-refractivity contribution is -0.0622. The van der Waals surface area contributed by atoms with Gasteiger partial charge in [-0.05, 0) is 18.6 Å². The van der Waals surface area contributed by atoms with Crippen LogP contribution in [-0.4, -0.2) is 59.6 Å². The molecule has 3 rings (SSSR count). The van der Waals surface area contributed by atoms with E-state index in [4.69, 9.17) is 14.0 Å². The molecule has 1 saturated heterocycles. The number of para-hydroxylation sites is 1. The van der Waals surface area contributed by atoms with E-state index in [-0.39, 0.29) is 31.4 Å². The van der Waals surface area contributed by atoms with Crippen LogP contribution in [0.1, 0.15) is 16.1 Å². The number of carbonyl (C=O) groups excluding carboxylic acids is 1. The van der Waals surface area contributed by atoms with Gasteiger partial charge in [-0.2, -0.15) is 0 Å². The molecule has 0 spiro atoms. The lowest BCUT2D eigenvalue weighted by atomic mass is 10.1. The number of aromatic nitrogens is 1. The second-order valence-corrected chi connectivity index (χ2v) is 5.94.